The number of halogens is 2. The highest BCUT2D eigenvalue weighted by Crippen LogP contribution is 2.55. The fourth-order valence-corrected chi connectivity index (χ4v) is 6.48. The van der Waals surface area contributed by atoms with Crippen LogP contribution in [-0.4, -0.2) is 39.9 Å². The summed E-state index contributed by atoms with van der Waals surface area (Å²) in [5, 5.41) is 4.47. The van der Waals surface area contributed by atoms with Crippen LogP contribution in [0.2, 0.25) is 25.7 Å². The number of nitrogens with zero attached hydrogens (tertiary/aromatic N) is 5. The fraction of sp³-hybridized carbons (Fsp3) is 0.346. The van der Waals surface area contributed by atoms with Crippen molar-refractivity contribution in [1.29, 1.82) is 0 Å². The molecule has 0 saturated heterocycles. The van der Waals surface area contributed by atoms with Crippen LogP contribution in [0.25, 0.3) is 22.2 Å². The maximum absolute atomic E-state index is 15.7. The van der Waals surface area contributed by atoms with Crippen LogP contribution in [0.5, 0.6) is 0 Å². The van der Waals surface area contributed by atoms with E-state index in [0.717, 1.165) is 33.9 Å². The van der Waals surface area contributed by atoms with Gasteiger partial charge in [-0.25, -0.2) is 9.37 Å². The smallest absolute Gasteiger partial charge is 0.280 e. The summed E-state index contributed by atoms with van der Waals surface area (Å²) in [4.78, 5) is 20.0. The zero-order valence-corrected chi connectivity index (χ0v) is 23.5. The van der Waals surface area contributed by atoms with Gasteiger partial charge < -0.3 is 9.30 Å². The second-order valence-electron chi connectivity index (χ2n) is 10.8. The summed E-state index contributed by atoms with van der Waals surface area (Å²) in [5.41, 5.74) is 6.26. The molecule has 36 heavy (non-hydrogen) atoms. The average Bonchev–Trinajstić information content (AvgIpc) is 3.43. The monoisotopic (exact) mass is 567 g/mol. The fourth-order valence-electron chi connectivity index (χ4n) is 5.29. The lowest BCUT2D eigenvalue weighted by Gasteiger charge is -2.35. The van der Waals surface area contributed by atoms with Crippen molar-refractivity contribution in [3.05, 3.63) is 63.4 Å². The van der Waals surface area contributed by atoms with Crippen LogP contribution in [-0.2, 0) is 18.5 Å². The Bertz CT molecular complexity index is 1570. The Kier molecular flexibility index (Phi) is 5.30. The van der Waals surface area contributed by atoms with E-state index in [2.05, 4.69) is 40.7 Å². The van der Waals surface area contributed by atoms with E-state index in [-0.39, 0.29) is 11.7 Å². The Hall–Kier alpha value is -2.82. The molecule has 7 nitrogen and oxygen atoms in total. The molecule has 0 radical (unpaired) electrons. The Labute approximate surface area is 218 Å². The lowest BCUT2D eigenvalue weighted by atomic mass is 9.85. The number of anilines is 1. The van der Waals surface area contributed by atoms with Crippen LogP contribution in [0.15, 0.2) is 35.1 Å². The largest absolute Gasteiger partial charge is 0.361 e. The zero-order valence-electron chi connectivity index (χ0n) is 20.9. The van der Waals surface area contributed by atoms with E-state index in [9.17, 15) is 4.79 Å². The van der Waals surface area contributed by atoms with Crippen molar-refractivity contribution in [2.75, 3.05) is 11.5 Å². The number of hydrogen-bond donors (Lipinski definition) is 0. The molecule has 0 spiro atoms. The number of imidazole rings is 1. The molecule has 2 aromatic heterocycles. The Balaban J connectivity index is 1.51. The molecular formula is C26H27BrFN5O2Si. The summed E-state index contributed by atoms with van der Waals surface area (Å²) in [6, 6.07) is 7.80. The number of amides is 1. The van der Waals surface area contributed by atoms with Gasteiger partial charge in [-0.3, -0.25) is 14.4 Å². The molecule has 2 aliphatic rings. The van der Waals surface area contributed by atoms with Crippen LogP contribution >= 0.6 is 15.9 Å². The molecule has 2 aromatic carbocycles. The van der Waals surface area contributed by atoms with E-state index in [0.29, 0.717) is 40.3 Å². The Morgan fingerprint density at radius 3 is 2.72 bits per heavy atom. The topological polar surface area (TPSA) is 65.2 Å². The molecular weight excluding hydrogens is 541 g/mol. The highest BCUT2D eigenvalue weighted by molar-refractivity contribution is 9.10. The summed E-state index contributed by atoms with van der Waals surface area (Å²) >= 11 is 3.48. The molecule has 0 N–H and O–H groups in total. The minimum Gasteiger partial charge on any atom is -0.361 e. The predicted molar refractivity (Wildman–Crippen MR) is 144 cm³/mol. The second kappa shape index (κ2) is 8.09. The van der Waals surface area contributed by atoms with Gasteiger partial charge in [-0.1, -0.05) is 35.6 Å². The lowest BCUT2D eigenvalue weighted by Crippen LogP contribution is -2.33. The van der Waals surface area contributed by atoms with Gasteiger partial charge in [0.25, 0.3) is 5.91 Å². The molecule has 4 heterocycles. The highest BCUT2D eigenvalue weighted by atomic mass is 79.9. The molecule has 2 aliphatic heterocycles. The van der Waals surface area contributed by atoms with Gasteiger partial charge in [0.2, 0.25) is 0 Å². The van der Waals surface area contributed by atoms with E-state index >= 15 is 4.39 Å². The van der Waals surface area contributed by atoms with Crippen LogP contribution < -0.4 is 4.90 Å². The highest BCUT2D eigenvalue weighted by Gasteiger charge is 2.48. The van der Waals surface area contributed by atoms with Crippen LogP contribution in [0.4, 0.5) is 10.1 Å². The van der Waals surface area contributed by atoms with E-state index in [1.165, 1.54) is 6.07 Å². The first-order valence-electron chi connectivity index (χ1n) is 12.0. The van der Waals surface area contributed by atoms with E-state index < -0.39 is 14.1 Å². The number of benzene rings is 2. The number of hydrogen-bond acceptors (Lipinski definition) is 4. The van der Waals surface area contributed by atoms with Gasteiger partial charge in [0.15, 0.2) is 5.69 Å². The molecule has 10 heteroatoms. The summed E-state index contributed by atoms with van der Waals surface area (Å²) in [5.74, 6) is -0.587. The van der Waals surface area contributed by atoms with E-state index in [4.69, 9.17) is 9.72 Å². The third-order valence-electron chi connectivity index (χ3n) is 7.23. The van der Waals surface area contributed by atoms with E-state index in [1.807, 2.05) is 36.7 Å². The van der Waals surface area contributed by atoms with Crippen molar-refractivity contribution < 1.29 is 13.9 Å². The maximum atomic E-state index is 15.7. The first-order valence-corrected chi connectivity index (χ1v) is 16.5. The second-order valence-corrected chi connectivity index (χ2v) is 17.3. The third kappa shape index (κ3) is 3.42. The number of ether oxygens (including phenoxy) is 1. The molecule has 186 valence electrons. The minimum atomic E-state index is -1.18. The standard InChI is InChI=1S/C26H27BrFN5O2Si/c1-14-20-24(30-31(14)2)26(34)33-18-6-7-19-23(29-12-32(19)13-35-8-9-36(3,4)5)22(18)16-10-15(27)11-17(28)21(16)25(20)33/h6-7,10-12,25H,8-9,13H2,1-5H3. The molecule has 4 aromatic rings. The molecule has 0 aliphatic carbocycles. The number of carbonyl (C=O) groups is 1. The minimum absolute atomic E-state index is 0.221. The van der Waals surface area contributed by atoms with Crippen LogP contribution in [0.3, 0.4) is 0 Å². The Morgan fingerprint density at radius 2 is 1.97 bits per heavy atom. The molecule has 0 fully saturated rings. The van der Waals surface area contributed by atoms with Gasteiger partial charge in [0.05, 0.1) is 29.1 Å². The number of aromatic nitrogens is 4. The normalized spacial score (nSPS) is 16.4. The van der Waals surface area contributed by atoms with Crippen LogP contribution in [0.1, 0.15) is 33.4 Å². The molecule has 0 bridgehead atoms. The lowest BCUT2D eigenvalue weighted by molar-refractivity contribution is 0.0898. The van der Waals surface area contributed by atoms with Crippen molar-refractivity contribution in [3.8, 4) is 11.1 Å². The van der Waals surface area contributed by atoms with Gasteiger partial charge >= 0.3 is 0 Å². The summed E-state index contributed by atoms with van der Waals surface area (Å²) in [6.07, 6.45) is 1.76. The summed E-state index contributed by atoms with van der Waals surface area (Å²) < 4.78 is 26.0. The molecule has 0 saturated carbocycles. The number of carbonyl (C=O) groups excluding carboxylic acids is 1. The first-order chi connectivity index (χ1) is 17.1. The maximum Gasteiger partial charge on any atom is 0.280 e. The quantitative estimate of drug-likeness (QED) is 0.218. The zero-order chi connectivity index (χ0) is 25.5. The van der Waals surface area contributed by atoms with Gasteiger partial charge in [0.1, 0.15) is 12.5 Å². The van der Waals surface area contributed by atoms with Gasteiger partial charge in [-0.05, 0) is 42.8 Å². The molecule has 1 unspecified atom stereocenters. The third-order valence-corrected chi connectivity index (χ3v) is 9.39. The molecule has 1 atom stereocenters. The predicted octanol–water partition coefficient (Wildman–Crippen LogP) is 6.02. The first kappa shape index (κ1) is 23.6. The molecule has 6 rings (SSSR count). The van der Waals surface area contributed by atoms with Crippen molar-refractivity contribution in [1.82, 2.24) is 19.3 Å². The SMILES string of the molecule is Cc1c2c(nn1C)C(=O)N1c3ccc4c(ncn4COCC[Si](C)(C)C)c3-c3cc(Br)cc(F)c3C21. The van der Waals surface area contributed by atoms with E-state index in [1.54, 1.807) is 15.9 Å². The van der Waals surface area contributed by atoms with Gasteiger partial charge in [-0.2, -0.15) is 5.10 Å². The Morgan fingerprint density at radius 1 is 1.19 bits per heavy atom. The molecule has 1 amide bonds. The van der Waals surface area contributed by atoms with Gasteiger partial charge in [-0.15, -0.1) is 0 Å². The van der Waals surface area contributed by atoms with Crippen molar-refractivity contribution in [3.63, 3.8) is 0 Å². The average molecular weight is 569 g/mol. The number of aryl methyl sites for hydroxylation is 1. The van der Waals surface area contributed by atoms with Crippen LogP contribution in [0, 0.1) is 12.7 Å². The van der Waals surface area contributed by atoms with Gasteiger partial charge in [0, 0.05) is 48.6 Å². The summed E-state index contributed by atoms with van der Waals surface area (Å²) in [6.45, 7) is 9.99. The number of fused-ring (bicyclic) bond motifs is 10. The van der Waals surface area contributed by atoms with Crippen molar-refractivity contribution in [2.24, 2.45) is 7.05 Å². The van der Waals surface area contributed by atoms with Crippen molar-refractivity contribution >= 4 is 46.6 Å². The van der Waals surface area contributed by atoms with Crippen molar-refractivity contribution in [2.45, 2.75) is 45.4 Å². The summed E-state index contributed by atoms with van der Waals surface area (Å²) in [7, 11) is 0.624. The number of rotatable bonds is 5.